The van der Waals surface area contributed by atoms with E-state index in [0.29, 0.717) is 4.88 Å². The van der Waals surface area contributed by atoms with Crippen LogP contribution in [0.3, 0.4) is 0 Å². The fourth-order valence-corrected chi connectivity index (χ4v) is 3.51. The van der Waals surface area contributed by atoms with Gasteiger partial charge in [0, 0.05) is 17.6 Å². The number of benzene rings is 1. The van der Waals surface area contributed by atoms with Crippen molar-refractivity contribution in [3.63, 3.8) is 0 Å². The van der Waals surface area contributed by atoms with Crippen LogP contribution < -0.4 is 4.72 Å². The molecular formula is C12H11FN2O4S2. The first-order valence-corrected chi connectivity index (χ1v) is 8.03. The summed E-state index contributed by atoms with van der Waals surface area (Å²) in [4.78, 5) is 14.8. The average Bonchev–Trinajstić information content (AvgIpc) is 2.82. The highest BCUT2D eigenvalue weighted by Crippen LogP contribution is 2.18. The largest absolute Gasteiger partial charge is 0.478 e. The summed E-state index contributed by atoms with van der Waals surface area (Å²) < 4.78 is 40.0. The molecule has 21 heavy (non-hydrogen) atoms. The van der Waals surface area contributed by atoms with E-state index in [1.807, 2.05) is 0 Å². The van der Waals surface area contributed by atoms with Gasteiger partial charge in [-0.2, -0.15) is 0 Å². The number of aryl methyl sites for hydroxylation is 1. The molecule has 9 heteroatoms. The highest BCUT2D eigenvalue weighted by molar-refractivity contribution is 7.89. The van der Waals surface area contributed by atoms with E-state index < -0.39 is 26.7 Å². The SMILES string of the molecule is Cc1ncc(CNS(=O)(=O)c2cc(C(=O)O)ccc2F)s1. The predicted octanol–water partition coefficient (Wildman–Crippen LogP) is 1.77. The minimum absolute atomic E-state index is 0.0371. The molecule has 0 amide bonds. The number of carboxylic acid groups (broad SMARTS) is 1. The minimum atomic E-state index is -4.15. The summed E-state index contributed by atoms with van der Waals surface area (Å²) in [5.74, 6) is -2.34. The molecule has 1 aromatic carbocycles. The third-order valence-electron chi connectivity index (χ3n) is 2.57. The van der Waals surface area contributed by atoms with Gasteiger partial charge < -0.3 is 5.11 Å². The lowest BCUT2D eigenvalue weighted by molar-refractivity contribution is 0.0696. The van der Waals surface area contributed by atoms with Crippen LogP contribution in [0.15, 0.2) is 29.3 Å². The molecule has 1 heterocycles. The molecule has 0 spiro atoms. The fourth-order valence-electron chi connectivity index (χ4n) is 1.57. The van der Waals surface area contributed by atoms with E-state index in [0.717, 1.165) is 23.2 Å². The molecular weight excluding hydrogens is 319 g/mol. The topological polar surface area (TPSA) is 96.4 Å². The van der Waals surface area contributed by atoms with Crippen molar-refractivity contribution in [2.75, 3.05) is 0 Å². The van der Waals surface area contributed by atoms with Crippen LogP contribution in [0.5, 0.6) is 0 Å². The van der Waals surface area contributed by atoms with Crippen molar-refractivity contribution in [3.05, 3.63) is 45.7 Å². The van der Waals surface area contributed by atoms with Gasteiger partial charge in [-0.3, -0.25) is 0 Å². The number of carboxylic acids is 1. The maximum absolute atomic E-state index is 13.6. The number of sulfonamides is 1. The molecule has 0 unspecified atom stereocenters. The fraction of sp³-hybridized carbons (Fsp3) is 0.167. The minimum Gasteiger partial charge on any atom is -0.478 e. The first-order valence-electron chi connectivity index (χ1n) is 5.73. The van der Waals surface area contributed by atoms with Crippen LogP contribution in [0.4, 0.5) is 4.39 Å². The molecule has 0 bridgehead atoms. The number of aromatic nitrogens is 1. The summed E-state index contributed by atoms with van der Waals surface area (Å²) in [6, 6.07) is 2.61. The van der Waals surface area contributed by atoms with Gasteiger partial charge in [0.05, 0.1) is 10.6 Å². The number of carbonyl (C=O) groups is 1. The second kappa shape index (κ2) is 5.88. The highest BCUT2D eigenvalue weighted by atomic mass is 32.2. The number of hydrogen-bond donors (Lipinski definition) is 2. The third kappa shape index (κ3) is 3.63. The molecule has 0 aliphatic carbocycles. The van der Waals surface area contributed by atoms with Gasteiger partial charge in [0.1, 0.15) is 10.7 Å². The van der Waals surface area contributed by atoms with Gasteiger partial charge in [0.25, 0.3) is 0 Å². The Kier molecular flexibility index (Phi) is 4.35. The van der Waals surface area contributed by atoms with Crippen molar-refractivity contribution in [2.24, 2.45) is 0 Å². The van der Waals surface area contributed by atoms with Gasteiger partial charge in [0.15, 0.2) is 0 Å². The first-order chi connectivity index (χ1) is 9.79. The van der Waals surface area contributed by atoms with Crippen LogP contribution in [0, 0.1) is 12.7 Å². The van der Waals surface area contributed by atoms with Crippen molar-refractivity contribution < 1.29 is 22.7 Å². The van der Waals surface area contributed by atoms with Gasteiger partial charge in [-0.15, -0.1) is 11.3 Å². The van der Waals surface area contributed by atoms with Crippen LogP contribution in [0.25, 0.3) is 0 Å². The van der Waals surface area contributed by atoms with E-state index in [2.05, 4.69) is 9.71 Å². The van der Waals surface area contributed by atoms with Gasteiger partial charge in [0.2, 0.25) is 10.0 Å². The number of hydrogen-bond acceptors (Lipinski definition) is 5. The molecule has 1 aromatic heterocycles. The van der Waals surface area contributed by atoms with E-state index in [1.54, 1.807) is 6.92 Å². The Hall–Kier alpha value is -1.84. The van der Waals surface area contributed by atoms with Crippen LogP contribution in [-0.4, -0.2) is 24.5 Å². The van der Waals surface area contributed by atoms with Crippen molar-refractivity contribution >= 4 is 27.3 Å². The van der Waals surface area contributed by atoms with E-state index in [9.17, 15) is 17.6 Å². The molecule has 0 atom stereocenters. The Bertz CT molecular complexity index is 786. The lowest BCUT2D eigenvalue weighted by Crippen LogP contribution is -2.24. The molecule has 2 N–H and O–H groups in total. The van der Waals surface area contributed by atoms with E-state index in [-0.39, 0.29) is 12.1 Å². The molecule has 0 aliphatic rings. The Morgan fingerprint density at radius 1 is 1.48 bits per heavy atom. The zero-order valence-electron chi connectivity index (χ0n) is 10.8. The summed E-state index contributed by atoms with van der Waals surface area (Å²) in [7, 11) is -4.15. The van der Waals surface area contributed by atoms with Gasteiger partial charge >= 0.3 is 5.97 Å². The maximum Gasteiger partial charge on any atom is 0.335 e. The van der Waals surface area contributed by atoms with Crippen molar-refractivity contribution in [1.29, 1.82) is 0 Å². The molecule has 0 aliphatic heterocycles. The maximum atomic E-state index is 13.6. The Morgan fingerprint density at radius 3 is 2.76 bits per heavy atom. The molecule has 2 aromatic rings. The first kappa shape index (κ1) is 15.5. The number of rotatable bonds is 5. The zero-order valence-corrected chi connectivity index (χ0v) is 12.5. The van der Waals surface area contributed by atoms with Crippen molar-refractivity contribution in [2.45, 2.75) is 18.4 Å². The lowest BCUT2D eigenvalue weighted by atomic mass is 10.2. The summed E-state index contributed by atoms with van der Waals surface area (Å²) in [6.07, 6.45) is 1.52. The van der Waals surface area contributed by atoms with Crippen molar-refractivity contribution in [3.8, 4) is 0 Å². The number of nitrogens with one attached hydrogen (secondary N) is 1. The second-order valence-corrected chi connectivity index (χ2v) is 7.18. The summed E-state index contributed by atoms with van der Waals surface area (Å²) in [5.41, 5.74) is -0.301. The highest BCUT2D eigenvalue weighted by Gasteiger charge is 2.21. The zero-order chi connectivity index (χ0) is 15.6. The standard InChI is InChI=1S/C12H11FN2O4S2/c1-7-14-5-9(20-7)6-15-21(18,19)11-4-8(12(16)17)2-3-10(11)13/h2-5,15H,6H2,1H3,(H,16,17). The summed E-state index contributed by atoms with van der Waals surface area (Å²) in [5, 5.41) is 9.61. The summed E-state index contributed by atoms with van der Waals surface area (Å²) in [6.45, 7) is 1.74. The molecule has 6 nitrogen and oxygen atoms in total. The smallest absolute Gasteiger partial charge is 0.335 e. The van der Waals surface area contributed by atoms with Crippen molar-refractivity contribution in [1.82, 2.24) is 9.71 Å². The summed E-state index contributed by atoms with van der Waals surface area (Å²) >= 11 is 1.31. The molecule has 112 valence electrons. The Labute approximate surface area is 124 Å². The molecule has 2 rings (SSSR count). The van der Waals surface area contributed by atoms with Gasteiger partial charge in [-0.05, 0) is 25.1 Å². The molecule has 0 saturated carbocycles. The normalized spacial score (nSPS) is 11.5. The van der Waals surface area contributed by atoms with Crippen LogP contribution in [0.1, 0.15) is 20.2 Å². The van der Waals surface area contributed by atoms with Gasteiger partial charge in [-0.25, -0.2) is 27.3 Å². The average molecular weight is 330 g/mol. The predicted molar refractivity (Wildman–Crippen MR) is 74.2 cm³/mol. The second-order valence-electron chi connectivity index (χ2n) is 4.12. The quantitative estimate of drug-likeness (QED) is 0.871. The number of nitrogens with zero attached hydrogens (tertiary/aromatic N) is 1. The monoisotopic (exact) mass is 330 g/mol. The molecule has 0 fully saturated rings. The Balaban J connectivity index is 2.26. The van der Waals surface area contributed by atoms with Crippen LogP contribution in [-0.2, 0) is 16.6 Å². The van der Waals surface area contributed by atoms with Gasteiger partial charge in [-0.1, -0.05) is 0 Å². The molecule has 0 radical (unpaired) electrons. The van der Waals surface area contributed by atoms with Crippen LogP contribution in [0.2, 0.25) is 0 Å². The number of halogens is 1. The number of aromatic carboxylic acids is 1. The van der Waals surface area contributed by atoms with E-state index in [4.69, 9.17) is 5.11 Å². The number of thiazole rings is 1. The Morgan fingerprint density at radius 2 is 2.19 bits per heavy atom. The molecule has 0 saturated heterocycles. The third-order valence-corrected chi connectivity index (χ3v) is 4.90. The van der Waals surface area contributed by atoms with E-state index >= 15 is 0 Å². The van der Waals surface area contributed by atoms with E-state index in [1.165, 1.54) is 17.5 Å². The lowest BCUT2D eigenvalue weighted by Gasteiger charge is -2.07. The van der Waals surface area contributed by atoms with Crippen LogP contribution >= 0.6 is 11.3 Å².